The molecule has 0 aliphatic carbocycles. The average Bonchev–Trinajstić information content (AvgIpc) is 3.02. The summed E-state index contributed by atoms with van der Waals surface area (Å²) in [6, 6.07) is -0.860. The summed E-state index contributed by atoms with van der Waals surface area (Å²) in [7, 11) is 1.54. The van der Waals surface area contributed by atoms with Gasteiger partial charge in [-0.2, -0.15) is 0 Å². The van der Waals surface area contributed by atoms with E-state index >= 15 is 0 Å². The minimum atomic E-state index is -4.33. The van der Waals surface area contributed by atoms with Crippen molar-refractivity contribution in [3.63, 3.8) is 0 Å². The van der Waals surface area contributed by atoms with Crippen LogP contribution in [0.5, 0.6) is 0 Å². The molecular formula is C39H76N2O6P+. The number of aliphatic hydroxyl groups excluding tert-OH is 1. The highest BCUT2D eigenvalue weighted by Crippen LogP contribution is 2.43. The van der Waals surface area contributed by atoms with Crippen molar-refractivity contribution in [1.82, 2.24) is 5.32 Å². The molecule has 0 radical (unpaired) electrons. The Bertz CT molecular complexity index is 886. The Labute approximate surface area is 296 Å². The predicted molar refractivity (Wildman–Crippen MR) is 203 cm³/mol. The van der Waals surface area contributed by atoms with E-state index in [0.717, 1.165) is 38.5 Å². The number of aliphatic hydroxyl groups is 1. The van der Waals surface area contributed by atoms with Gasteiger partial charge in [0, 0.05) is 6.42 Å². The number of nitrogens with one attached hydrogen (secondary N) is 1. The Balaban J connectivity index is 4.39. The molecule has 0 saturated heterocycles. The van der Waals surface area contributed by atoms with Crippen molar-refractivity contribution in [2.75, 3.05) is 40.9 Å². The third kappa shape index (κ3) is 33.2. The first-order valence-electron chi connectivity index (χ1n) is 19.4. The van der Waals surface area contributed by atoms with Crippen LogP contribution in [0.15, 0.2) is 36.5 Å². The molecule has 1 amide bonds. The number of allylic oxidation sites excluding steroid dienone is 5. The van der Waals surface area contributed by atoms with Crippen LogP contribution in [0.1, 0.15) is 155 Å². The maximum atomic E-state index is 12.8. The standard InChI is InChI=1S/C39H75N2O6P/c1-6-8-10-12-14-16-17-18-19-20-21-22-23-24-25-27-29-31-33-39(43)40-37(36-47-48(44,45)46-35-34-41(3,4)5)38(42)32-30-28-26-15-13-11-9-7-2/h13,15,19-20,30,32,37-38,42H,6-12,14,16-18,21-29,31,33-36H2,1-5H3,(H-,40,43,44,45)/p+1/b15-13+,20-19-,32-30+. The number of phosphoric acid groups is 1. The lowest BCUT2D eigenvalue weighted by Gasteiger charge is -2.25. The number of hydrogen-bond donors (Lipinski definition) is 3. The van der Waals surface area contributed by atoms with E-state index < -0.39 is 20.0 Å². The second kappa shape index (κ2) is 31.7. The zero-order valence-corrected chi connectivity index (χ0v) is 32.6. The molecule has 48 heavy (non-hydrogen) atoms. The second-order valence-corrected chi connectivity index (χ2v) is 15.7. The first-order valence-corrected chi connectivity index (χ1v) is 20.9. The van der Waals surface area contributed by atoms with Gasteiger partial charge in [-0.3, -0.25) is 13.8 Å². The lowest BCUT2D eigenvalue weighted by molar-refractivity contribution is -0.870. The number of phosphoric ester groups is 1. The summed E-state index contributed by atoms with van der Waals surface area (Å²) in [5, 5.41) is 13.6. The molecule has 0 spiro atoms. The minimum Gasteiger partial charge on any atom is -0.387 e. The van der Waals surface area contributed by atoms with E-state index in [-0.39, 0.29) is 19.1 Å². The predicted octanol–water partition coefficient (Wildman–Crippen LogP) is 9.96. The van der Waals surface area contributed by atoms with E-state index in [1.165, 1.54) is 96.3 Å². The number of hydrogen-bond acceptors (Lipinski definition) is 5. The maximum absolute atomic E-state index is 12.8. The van der Waals surface area contributed by atoms with Gasteiger partial charge in [-0.05, 0) is 51.4 Å². The van der Waals surface area contributed by atoms with Crippen molar-refractivity contribution >= 4 is 13.7 Å². The van der Waals surface area contributed by atoms with Crippen molar-refractivity contribution in [3.05, 3.63) is 36.5 Å². The van der Waals surface area contributed by atoms with Crippen LogP contribution in [0.3, 0.4) is 0 Å². The van der Waals surface area contributed by atoms with Crippen LogP contribution in [0, 0.1) is 0 Å². The van der Waals surface area contributed by atoms with Crippen molar-refractivity contribution < 1.29 is 32.9 Å². The summed E-state index contributed by atoms with van der Waals surface area (Å²) in [6.07, 6.45) is 36.5. The Kier molecular flexibility index (Phi) is 30.8. The van der Waals surface area contributed by atoms with E-state index in [4.69, 9.17) is 9.05 Å². The molecule has 0 bridgehead atoms. The number of likely N-dealkylation sites (N-methyl/N-ethyl adjacent to an activating group) is 1. The number of carbonyl (C=O) groups is 1. The van der Waals surface area contributed by atoms with Crippen molar-refractivity contribution in [2.24, 2.45) is 0 Å². The summed E-state index contributed by atoms with van der Waals surface area (Å²) >= 11 is 0. The number of quaternary nitrogens is 1. The Morgan fingerprint density at radius 3 is 1.73 bits per heavy atom. The third-order valence-electron chi connectivity index (χ3n) is 8.33. The molecule has 0 aliphatic rings. The van der Waals surface area contributed by atoms with Gasteiger partial charge in [0.1, 0.15) is 13.2 Å². The smallest absolute Gasteiger partial charge is 0.387 e. The first kappa shape index (κ1) is 46.7. The van der Waals surface area contributed by atoms with E-state index in [1.807, 2.05) is 27.2 Å². The van der Waals surface area contributed by atoms with E-state index in [9.17, 15) is 19.4 Å². The topological polar surface area (TPSA) is 105 Å². The highest BCUT2D eigenvalue weighted by molar-refractivity contribution is 7.47. The molecule has 0 heterocycles. The van der Waals surface area contributed by atoms with Gasteiger partial charge in [-0.15, -0.1) is 0 Å². The Morgan fingerprint density at radius 2 is 1.17 bits per heavy atom. The van der Waals surface area contributed by atoms with Crippen LogP contribution in [0.2, 0.25) is 0 Å². The fraction of sp³-hybridized carbons (Fsp3) is 0.821. The van der Waals surface area contributed by atoms with Gasteiger partial charge < -0.3 is 19.8 Å². The quantitative estimate of drug-likeness (QED) is 0.0267. The number of unbranched alkanes of at least 4 members (excludes halogenated alkanes) is 17. The largest absolute Gasteiger partial charge is 0.472 e. The minimum absolute atomic E-state index is 0.0545. The van der Waals surface area contributed by atoms with Gasteiger partial charge in [0.05, 0.1) is 39.9 Å². The summed E-state index contributed by atoms with van der Waals surface area (Å²) in [5.74, 6) is -0.197. The SMILES string of the molecule is CCCC/C=C/CC/C=C/C(O)C(COP(=O)(O)OCC[N+](C)(C)C)NC(=O)CCCCCCCCC/C=C\CCCCCCCCC. The van der Waals surface area contributed by atoms with Crippen molar-refractivity contribution in [1.29, 1.82) is 0 Å². The molecule has 0 aliphatic heterocycles. The molecule has 8 nitrogen and oxygen atoms in total. The normalized spacial score (nSPS) is 15.1. The molecule has 9 heteroatoms. The fourth-order valence-corrected chi connectivity index (χ4v) is 5.89. The first-order chi connectivity index (χ1) is 23.0. The van der Waals surface area contributed by atoms with Crippen LogP contribution in [-0.4, -0.2) is 73.4 Å². The number of carbonyl (C=O) groups excluding carboxylic acids is 1. The molecule has 0 fully saturated rings. The van der Waals surface area contributed by atoms with Gasteiger partial charge in [0.25, 0.3) is 0 Å². The van der Waals surface area contributed by atoms with Crippen LogP contribution in [0.4, 0.5) is 0 Å². The molecule has 0 saturated carbocycles. The van der Waals surface area contributed by atoms with Gasteiger partial charge in [-0.1, -0.05) is 134 Å². The van der Waals surface area contributed by atoms with E-state index in [1.54, 1.807) is 6.08 Å². The van der Waals surface area contributed by atoms with Crippen LogP contribution in [0.25, 0.3) is 0 Å². The molecule has 0 aromatic carbocycles. The van der Waals surface area contributed by atoms with Gasteiger partial charge in [0.15, 0.2) is 0 Å². The van der Waals surface area contributed by atoms with E-state index in [0.29, 0.717) is 17.4 Å². The molecule has 3 atom stereocenters. The third-order valence-corrected chi connectivity index (χ3v) is 9.32. The highest BCUT2D eigenvalue weighted by Gasteiger charge is 2.27. The molecule has 3 N–H and O–H groups in total. The van der Waals surface area contributed by atoms with Crippen LogP contribution < -0.4 is 5.32 Å². The molecule has 0 rings (SSSR count). The lowest BCUT2D eigenvalue weighted by Crippen LogP contribution is -2.45. The molecule has 0 aromatic rings. The summed E-state index contributed by atoms with van der Waals surface area (Å²) in [4.78, 5) is 22.9. The Hall–Kier alpha value is -1.28. The average molecular weight is 700 g/mol. The van der Waals surface area contributed by atoms with Crippen molar-refractivity contribution in [3.8, 4) is 0 Å². The highest BCUT2D eigenvalue weighted by atomic mass is 31.2. The fourth-order valence-electron chi connectivity index (χ4n) is 5.15. The number of amides is 1. The van der Waals surface area contributed by atoms with Crippen LogP contribution >= 0.6 is 7.82 Å². The molecule has 0 aromatic heterocycles. The molecular weight excluding hydrogens is 623 g/mol. The zero-order chi connectivity index (χ0) is 35.8. The number of rotatable bonds is 34. The van der Waals surface area contributed by atoms with Gasteiger partial charge in [-0.25, -0.2) is 4.57 Å². The van der Waals surface area contributed by atoms with Crippen molar-refractivity contribution in [2.45, 2.75) is 167 Å². The summed E-state index contributed by atoms with van der Waals surface area (Å²) in [5.41, 5.74) is 0. The molecule has 282 valence electrons. The van der Waals surface area contributed by atoms with Crippen LogP contribution in [-0.2, 0) is 18.4 Å². The molecule has 3 unspecified atom stereocenters. The number of nitrogens with zero attached hydrogens (tertiary/aromatic N) is 1. The lowest BCUT2D eigenvalue weighted by atomic mass is 10.1. The Morgan fingerprint density at radius 1 is 0.688 bits per heavy atom. The monoisotopic (exact) mass is 700 g/mol. The summed E-state index contributed by atoms with van der Waals surface area (Å²) < 4.78 is 23.4. The summed E-state index contributed by atoms with van der Waals surface area (Å²) in [6.45, 7) is 4.69. The van der Waals surface area contributed by atoms with Gasteiger partial charge >= 0.3 is 7.82 Å². The second-order valence-electron chi connectivity index (χ2n) is 14.3. The van der Waals surface area contributed by atoms with E-state index in [2.05, 4.69) is 43.5 Å². The zero-order valence-electron chi connectivity index (χ0n) is 31.7. The van der Waals surface area contributed by atoms with Gasteiger partial charge in [0.2, 0.25) is 5.91 Å². The maximum Gasteiger partial charge on any atom is 0.472 e.